The molecule has 1 fully saturated rings. The fourth-order valence-corrected chi connectivity index (χ4v) is 4.95. The molecule has 0 bridgehead atoms. The van der Waals surface area contributed by atoms with E-state index in [0.29, 0.717) is 23.3 Å². The third kappa shape index (κ3) is 4.84. The molecule has 1 heterocycles. The minimum absolute atomic E-state index is 0.186. The van der Waals surface area contributed by atoms with Gasteiger partial charge in [0.25, 0.3) is 5.91 Å². The molecule has 2 aliphatic rings. The van der Waals surface area contributed by atoms with Crippen molar-refractivity contribution in [3.05, 3.63) is 21.4 Å². The van der Waals surface area contributed by atoms with E-state index in [2.05, 4.69) is 12.2 Å². The Kier molecular flexibility index (Phi) is 6.15. The Balaban J connectivity index is 1.49. The minimum Gasteiger partial charge on any atom is -0.448 e. The number of nitrogens with one attached hydrogen (secondary N) is 1. The average molecular weight is 364 g/mol. The zero-order chi connectivity index (χ0) is 17.8. The molecule has 5 heteroatoms. The van der Waals surface area contributed by atoms with E-state index in [1.54, 1.807) is 6.92 Å². The highest BCUT2D eigenvalue weighted by atomic mass is 32.1. The van der Waals surface area contributed by atoms with Crippen LogP contribution in [0, 0.1) is 11.8 Å². The molecule has 1 N–H and O–H groups in total. The van der Waals surface area contributed by atoms with Gasteiger partial charge in [0.15, 0.2) is 6.10 Å². The van der Waals surface area contributed by atoms with Gasteiger partial charge in [-0.05, 0) is 62.5 Å². The van der Waals surface area contributed by atoms with Gasteiger partial charge in [-0.2, -0.15) is 0 Å². The highest BCUT2D eigenvalue weighted by Crippen LogP contribution is 2.32. The first-order valence-electron chi connectivity index (χ1n) is 9.63. The van der Waals surface area contributed by atoms with Crippen molar-refractivity contribution in [1.82, 2.24) is 5.32 Å². The number of thiophene rings is 1. The smallest absolute Gasteiger partial charge is 0.349 e. The van der Waals surface area contributed by atoms with Gasteiger partial charge in [-0.25, -0.2) is 4.79 Å². The van der Waals surface area contributed by atoms with Crippen LogP contribution >= 0.6 is 11.3 Å². The second kappa shape index (κ2) is 8.35. The van der Waals surface area contributed by atoms with Crippen LogP contribution in [0.2, 0.25) is 0 Å². The number of rotatable bonds is 5. The first-order valence-corrected chi connectivity index (χ1v) is 10.4. The SMILES string of the molecule is C[C@H]1CCc2sc(C(=O)O[C@H](C)C(=O)NCC3CCCCC3)cc2C1. The number of esters is 1. The molecule has 1 amide bonds. The number of aryl methyl sites for hydroxylation is 1. The van der Waals surface area contributed by atoms with E-state index in [4.69, 9.17) is 4.74 Å². The van der Waals surface area contributed by atoms with E-state index in [1.807, 2.05) is 6.07 Å². The van der Waals surface area contributed by atoms with Gasteiger partial charge in [0.05, 0.1) is 0 Å². The zero-order valence-electron chi connectivity index (χ0n) is 15.3. The molecule has 0 radical (unpaired) electrons. The Morgan fingerprint density at radius 1 is 1.28 bits per heavy atom. The molecule has 1 aromatic rings. The maximum Gasteiger partial charge on any atom is 0.349 e. The van der Waals surface area contributed by atoms with Crippen LogP contribution in [-0.2, 0) is 22.4 Å². The molecule has 0 unspecified atom stereocenters. The van der Waals surface area contributed by atoms with Crippen molar-refractivity contribution in [2.45, 2.75) is 71.3 Å². The van der Waals surface area contributed by atoms with Crippen LogP contribution in [0.15, 0.2) is 6.07 Å². The summed E-state index contributed by atoms with van der Waals surface area (Å²) in [5, 5.41) is 2.95. The van der Waals surface area contributed by atoms with E-state index < -0.39 is 6.10 Å². The summed E-state index contributed by atoms with van der Waals surface area (Å²) in [7, 11) is 0. The molecular weight excluding hydrogens is 334 g/mol. The summed E-state index contributed by atoms with van der Waals surface area (Å²) in [6.07, 6.45) is 8.72. The normalized spacial score (nSPS) is 22.1. The van der Waals surface area contributed by atoms with E-state index in [1.165, 1.54) is 60.3 Å². The molecule has 25 heavy (non-hydrogen) atoms. The van der Waals surface area contributed by atoms with Crippen LogP contribution in [-0.4, -0.2) is 24.5 Å². The van der Waals surface area contributed by atoms with Crippen LogP contribution < -0.4 is 5.32 Å². The van der Waals surface area contributed by atoms with E-state index in [9.17, 15) is 9.59 Å². The van der Waals surface area contributed by atoms with Crippen molar-refractivity contribution in [3.8, 4) is 0 Å². The van der Waals surface area contributed by atoms with Crippen molar-refractivity contribution in [1.29, 1.82) is 0 Å². The predicted octanol–water partition coefficient (Wildman–Crippen LogP) is 4.11. The van der Waals surface area contributed by atoms with Gasteiger partial charge in [0.2, 0.25) is 0 Å². The molecule has 1 saturated carbocycles. The van der Waals surface area contributed by atoms with E-state index in [-0.39, 0.29) is 11.9 Å². The van der Waals surface area contributed by atoms with Gasteiger partial charge in [-0.1, -0.05) is 26.2 Å². The summed E-state index contributed by atoms with van der Waals surface area (Å²) in [6, 6.07) is 1.96. The predicted molar refractivity (Wildman–Crippen MR) is 100.0 cm³/mol. The van der Waals surface area contributed by atoms with Gasteiger partial charge >= 0.3 is 5.97 Å². The summed E-state index contributed by atoms with van der Waals surface area (Å²) >= 11 is 1.53. The summed E-state index contributed by atoms with van der Waals surface area (Å²) in [6.45, 7) is 4.60. The molecule has 0 spiro atoms. The monoisotopic (exact) mass is 363 g/mol. The summed E-state index contributed by atoms with van der Waals surface area (Å²) in [4.78, 5) is 26.5. The summed E-state index contributed by atoms with van der Waals surface area (Å²) in [5.74, 6) is 0.698. The molecule has 1 aromatic heterocycles. The standard InChI is InChI=1S/C20H29NO3S/c1-13-8-9-17-16(10-13)11-18(25-17)20(23)24-14(2)19(22)21-12-15-6-4-3-5-7-15/h11,13-15H,3-10,12H2,1-2H3,(H,21,22)/t13-,14+/m0/s1. The highest BCUT2D eigenvalue weighted by molar-refractivity contribution is 7.14. The number of carbonyl (C=O) groups is 2. The van der Waals surface area contributed by atoms with Gasteiger partial charge in [-0.15, -0.1) is 11.3 Å². The van der Waals surface area contributed by atoms with Gasteiger partial charge < -0.3 is 10.1 Å². The second-order valence-corrected chi connectivity index (χ2v) is 8.84. The largest absolute Gasteiger partial charge is 0.448 e. The van der Waals surface area contributed by atoms with Crippen molar-refractivity contribution >= 4 is 23.2 Å². The number of hydrogen-bond donors (Lipinski definition) is 1. The highest BCUT2D eigenvalue weighted by Gasteiger charge is 2.24. The fourth-order valence-electron chi connectivity index (χ4n) is 3.86. The molecule has 0 aliphatic heterocycles. The molecule has 138 valence electrons. The molecule has 0 aromatic carbocycles. The lowest BCUT2D eigenvalue weighted by Gasteiger charge is -2.22. The lowest BCUT2D eigenvalue weighted by atomic mass is 9.89. The van der Waals surface area contributed by atoms with Crippen molar-refractivity contribution in [3.63, 3.8) is 0 Å². The molecule has 2 atom stereocenters. The first kappa shape index (κ1) is 18.4. The Bertz CT molecular complexity index is 618. The number of hydrogen-bond acceptors (Lipinski definition) is 4. The third-order valence-corrected chi connectivity index (χ3v) is 6.69. The quantitative estimate of drug-likeness (QED) is 0.801. The zero-order valence-corrected chi connectivity index (χ0v) is 16.1. The molecule has 3 rings (SSSR count). The van der Waals surface area contributed by atoms with E-state index >= 15 is 0 Å². The van der Waals surface area contributed by atoms with Gasteiger partial charge in [0.1, 0.15) is 4.88 Å². The summed E-state index contributed by atoms with van der Waals surface area (Å²) < 4.78 is 5.40. The maximum atomic E-state index is 12.4. The molecule has 0 saturated heterocycles. The summed E-state index contributed by atoms with van der Waals surface area (Å²) in [5.41, 5.74) is 1.28. The number of ether oxygens (including phenoxy) is 1. The van der Waals surface area contributed by atoms with Crippen LogP contribution in [0.1, 0.15) is 72.5 Å². The van der Waals surface area contributed by atoms with Gasteiger partial charge in [-0.3, -0.25) is 4.79 Å². The first-order chi connectivity index (χ1) is 12.0. The number of carbonyl (C=O) groups excluding carboxylic acids is 2. The number of amides is 1. The Hall–Kier alpha value is -1.36. The lowest BCUT2D eigenvalue weighted by molar-refractivity contribution is -0.129. The van der Waals surface area contributed by atoms with Crippen LogP contribution in [0.5, 0.6) is 0 Å². The van der Waals surface area contributed by atoms with Crippen molar-refractivity contribution in [2.24, 2.45) is 11.8 Å². The Morgan fingerprint density at radius 2 is 2.04 bits per heavy atom. The topological polar surface area (TPSA) is 55.4 Å². The van der Waals surface area contributed by atoms with Crippen molar-refractivity contribution < 1.29 is 14.3 Å². The number of fused-ring (bicyclic) bond motifs is 1. The Labute approximate surface area is 154 Å². The van der Waals surface area contributed by atoms with Crippen LogP contribution in [0.25, 0.3) is 0 Å². The average Bonchev–Trinajstić information content (AvgIpc) is 3.03. The maximum absolute atomic E-state index is 12.4. The molecular formula is C20H29NO3S. The second-order valence-electron chi connectivity index (χ2n) is 7.70. The van der Waals surface area contributed by atoms with Gasteiger partial charge in [0, 0.05) is 11.4 Å². The minimum atomic E-state index is -0.742. The lowest BCUT2D eigenvalue weighted by Crippen LogP contribution is -2.38. The molecule has 4 nitrogen and oxygen atoms in total. The Morgan fingerprint density at radius 3 is 2.80 bits per heavy atom. The fraction of sp³-hybridized carbons (Fsp3) is 0.700. The molecule has 2 aliphatic carbocycles. The van der Waals surface area contributed by atoms with Crippen LogP contribution in [0.3, 0.4) is 0 Å². The van der Waals surface area contributed by atoms with Crippen molar-refractivity contribution in [2.75, 3.05) is 6.54 Å². The third-order valence-electron chi connectivity index (χ3n) is 5.47. The van der Waals surface area contributed by atoms with Crippen LogP contribution in [0.4, 0.5) is 0 Å². The van der Waals surface area contributed by atoms with E-state index in [0.717, 1.165) is 12.8 Å².